The van der Waals surface area contributed by atoms with Gasteiger partial charge in [0, 0.05) is 12.5 Å². The molecule has 1 amide bonds. The lowest BCUT2D eigenvalue weighted by Crippen LogP contribution is -2.47. The van der Waals surface area contributed by atoms with Gasteiger partial charge in [-0.1, -0.05) is 55.7 Å². The molecule has 196 valence electrons. The van der Waals surface area contributed by atoms with Crippen LogP contribution in [0.1, 0.15) is 59.1 Å². The molecule has 2 unspecified atom stereocenters. The van der Waals surface area contributed by atoms with Crippen LogP contribution in [0.25, 0.3) is 10.2 Å². The second-order valence-electron chi connectivity index (χ2n) is 8.96. The highest BCUT2D eigenvalue weighted by molar-refractivity contribution is 7.20. The molecule has 3 N–H and O–H groups in total. The number of hydrogen-bond acceptors (Lipinski definition) is 7. The van der Waals surface area contributed by atoms with Crippen LogP contribution < -0.4 is 11.1 Å². The van der Waals surface area contributed by atoms with E-state index in [1.807, 2.05) is 12.1 Å². The average molecular weight is 534 g/mol. The number of thiazole rings is 1. The number of rotatable bonds is 8. The number of esters is 1. The largest absolute Gasteiger partial charge is 0.490 e. The van der Waals surface area contributed by atoms with Crippen LogP contribution >= 0.6 is 11.3 Å². The van der Waals surface area contributed by atoms with Crippen molar-refractivity contribution in [2.45, 2.75) is 57.0 Å². The summed E-state index contributed by atoms with van der Waals surface area (Å²) < 4.78 is 44.5. The molecule has 1 heterocycles. The van der Waals surface area contributed by atoms with Gasteiger partial charge in [0.1, 0.15) is 6.04 Å². The number of fused-ring (bicyclic) bond motifs is 1. The fourth-order valence-corrected chi connectivity index (χ4v) is 5.39. The Balaban J connectivity index is 1.66. The van der Waals surface area contributed by atoms with Gasteiger partial charge in [-0.25, -0.2) is 9.78 Å². The predicted octanol–water partition coefficient (Wildman–Crippen LogP) is 4.85. The third-order valence-electron chi connectivity index (χ3n) is 6.40. The minimum absolute atomic E-state index is 0.135. The highest BCUT2D eigenvalue weighted by Crippen LogP contribution is 2.31. The molecule has 0 saturated heterocycles. The molecule has 1 aliphatic rings. The van der Waals surface area contributed by atoms with E-state index in [2.05, 4.69) is 10.3 Å². The molecule has 1 saturated carbocycles. The minimum Gasteiger partial charge on any atom is -0.445 e. The number of benzene rings is 2. The van der Waals surface area contributed by atoms with Crippen molar-refractivity contribution in [2.24, 2.45) is 11.7 Å². The van der Waals surface area contributed by atoms with Crippen LogP contribution in [0, 0.1) is 5.92 Å². The van der Waals surface area contributed by atoms with Crippen LogP contribution in [0.15, 0.2) is 48.5 Å². The number of hydrogen-bond donors (Lipinski definition) is 2. The zero-order chi connectivity index (χ0) is 26.6. The standard InChI is InChI=1S/C26H26F3N3O4S/c27-26(28,29)25(35)36-22(17-6-2-1-3-7-17)23(34)32-20(16-12-10-15(14-30)11-13-16)21(33)24-31-18-8-4-5-9-19(18)37-24/h4-5,8-13,17,20,22H,1-3,6-7,14,30H2,(H,32,34). The van der Waals surface area contributed by atoms with Crippen LogP contribution in [0.4, 0.5) is 13.2 Å². The van der Waals surface area contributed by atoms with Gasteiger partial charge < -0.3 is 15.8 Å². The Morgan fingerprint density at radius 3 is 2.35 bits per heavy atom. The fraction of sp³-hybridized carbons (Fsp3) is 0.385. The van der Waals surface area contributed by atoms with Gasteiger partial charge in [0.15, 0.2) is 11.1 Å². The topological polar surface area (TPSA) is 111 Å². The molecular formula is C26H26F3N3O4S. The first kappa shape index (κ1) is 26.7. The van der Waals surface area contributed by atoms with Crippen molar-refractivity contribution in [3.05, 3.63) is 64.7 Å². The van der Waals surface area contributed by atoms with Gasteiger partial charge in [0.25, 0.3) is 5.91 Å². The first-order chi connectivity index (χ1) is 17.7. The number of nitrogens with zero attached hydrogens (tertiary/aromatic N) is 1. The van der Waals surface area contributed by atoms with E-state index in [0.717, 1.165) is 28.0 Å². The number of para-hydroxylation sites is 1. The van der Waals surface area contributed by atoms with Crippen molar-refractivity contribution >= 4 is 39.2 Å². The number of nitrogens with two attached hydrogens (primary N) is 1. The Bertz CT molecular complexity index is 1240. The number of aromatic nitrogens is 1. The van der Waals surface area contributed by atoms with Crippen molar-refractivity contribution in [2.75, 3.05) is 0 Å². The zero-order valence-corrected chi connectivity index (χ0v) is 20.6. The minimum atomic E-state index is -5.25. The molecule has 1 fully saturated rings. The van der Waals surface area contributed by atoms with E-state index < -0.39 is 41.9 Å². The molecule has 1 aliphatic carbocycles. The summed E-state index contributed by atoms with van der Waals surface area (Å²) in [5, 5.41) is 2.71. The maximum absolute atomic E-state index is 13.6. The van der Waals surface area contributed by atoms with Crippen molar-refractivity contribution in [1.82, 2.24) is 10.3 Å². The van der Waals surface area contributed by atoms with Gasteiger partial charge in [-0.15, -0.1) is 11.3 Å². The highest BCUT2D eigenvalue weighted by atomic mass is 32.1. The van der Waals surface area contributed by atoms with Crippen LogP contribution in [0.2, 0.25) is 0 Å². The summed E-state index contributed by atoms with van der Waals surface area (Å²) in [5.74, 6) is -4.50. The first-order valence-corrected chi connectivity index (χ1v) is 12.8. The number of Topliss-reactive ketones (excluding diaryl/α,β-unsaturated/α-hetero) is 1. The number of amides is 1. The summed E-state index contributed by atoms with van der Waals surface area (Å²) in [6.07, 6.45) is -3.77. The van der Waals surface area contributed by atoms with Crippen LogP contribution in [0.5, 0.6) is 0 Å². The summed E-state index contributed by atoms with van der Waals surface area (Å²) in [7, 11) is 0. The van der Waals surface area contributed by atoms with E-state index in [-0.39, 0.29) is 11.6 Å². The summed E-state index contributed by atoms with van der Waals surface area (Å²) in [6, 6.07) is 12.5. The maximum Gasteiger partial charge on any atom is 0.490 e. The number of ether oxygens (including phenoxy) is 1. The second kappa shape index (κ2) is 11.4. The highest BCUT2D eigenvalue weighted by Gasteiger charge is 2.45. The molecule has 2 aromatic carbocycles. The normalized spacial score (nSPS) is 16.2. The van der Waals surface area contributed by atoms with Gasteiger partial charge in [-0.05, 0) is 36.1 Å². The lowest BCUT2D eigenvalue weighted by atomic mass is 9.84. The van der Waals surface area contributed by atoms with E-state index in [9.17, 15) is 27.6 Å². The molecule has 4 rings (SSSR count). The molecule has 0 bridgehead atoms. The van der Waals surface area contributed by atoms with Crippen LogP contribution in [0.3, 0.4) is 0 Å². The van der Waals surface area contributed by atoms with Gasteiger partial charge in [0.2, 0.25) is 5.78 Å². The Labute approximate surface area is 215 Å². The van der Waals surface area contributed by atoms with Gasteiger partial charge >= 0.3 is 12.1 Å². The molecule has 7 nitrogen and oxygen atoms in total. The molecule has 11 heteroatoms. The van der Waals surface area contributed by atoms with E-state index in [4.69, 9.17) is 10.5 Å². The number of carbonyl (C=O) groups excluding carboxylic acids is 3. The molecule has 0 spiro atoms. The summed E-state index contributed by atoms with van der Waals surface area (Å²) in [4.78, 5) is 43.0. The van der Waals surface area contributed by atoms with Crippen molar-refractivity contribution in [3.8, 4) is 0 Å². The van der Waals surface area contributed by atoms with E-state index in [1.54, 1.807) is 36.4 Å². The van der Waals surface area contributed by atoms with Crippen LogP contribution in [-0.4, -0.2) is 34.9 Å². The Kier molecular flexibility index (Phi) is 8.23. The number of nitrogens with one attached hydrogen (secondary N) is 1. The lowest BCUT2D eigenvalue weighted by molar-refractivity contribution is -0.208. The monoisotopic (exact) mass is 533 g/mol. The van der Waals surface area contributed by atoms with Gasteiger partial charge in [-0.3, -0.25) is 9.59 Å². The Morgan fingerprint density at radius 1 is 1.05 bits per heavy atom. The van der Waals surface area contributed by atoms with Gasteiger partial charge in [-0.2, -0.15) is 13.2 Å². The van der Waals surface area contributed by atoms with E-state index >= 15 is 0 Å². The quantitative estimate of drug-likeness (QED) is 0.316. The number of alkyl halides is 3. The molecule has 2 atom stereocenters. The zero-order valence-electron chi connectivity index (χ0n) is 19.8. The number of halogens is 3. The average Bonchev–Trinajstić information content (AvgIpc) is 3.34. The molecule has 37 heavy (non-hydrogen) atoms. The molecule has 0 aliphatic heterocycles. The fourth-order valence-electron chi connectivity index (χ4n) is 4.45. The first-order valence-electron chi connectivity index (χ1n) is 11.9. The summed E-state index contributed by atoms with van der Waals surface area (Å²) in [5.41, 5.74) is 7.47. The smallest absolute Gasteiger partial charge is 0.445 e. The molecule has 3 aromatic rings. The second-order valence-corrected chi connectivity index (χ2v) is 9.99. The van der Waals surface area contributed by atoms with Crippen LogP contribution in [-0.2, 0) is 20.9 Å². The summed E-state index contributed by atoms with van der Waals surface area (Å²) >= 11 is 1.15. The van der Waals surface area contributed by atoms with Crippen molar-refractivity contribution in [1.29, 1.82) is 0 Å². The SMILES string of the molecule is NCc1ccc(C(NC(=O)C(OC(=O)C(F)(F)F)C2CCCCC2)C(=O)c2nc3ccccc3s2)cc1. The molecule has 1 aromatic heterocycles. The lowest BCUT2D eigenvalue weighted by Gasteiger charge is -2.30. The number of ketones is 1. The Morgan fingerprint density at radius 2 is 1.73 bits per heavy atom. The van der Waals surface area contributed by atoms with Gasteiger partial charge in [0.05, 0.1) is 10.2 Å². The molecule has 0 radical (unpaired) electrons. The molecular weight excluding hydrogens is 507 g/mol. The van der Waals surface area contributed by atoms with Crippen molar-refractivity contribution < 1.29 is 32.3 Å². The van der Waals surface area contributed by atoms with Crippen molar-refractivity contribution in [3.63, 3.8) is 0 Å². The maximum atomic E-state index is 13.6. The van der Waals surface area contributed by atoms with E-state index in [1.165, 1.54) is 0 Å². The third-order valence-corrected chi connectivity index (χ3v) is 7.46. The Hall–Kier alpha value is -3.31. The summed E-state index contributed by atoms with van der Waals surface area (Å²) in [6.45, 7) is 0.264. The predicted molar refractivity (Wildman–Crippen MR) is 132 cm³/mol. The number of carbonyl (C=O) groups is 3. The third kappa shape index (κ3) is 6.34. The van der Waals surface area contributed by atoms with E-state index in [0.29, 0.717) is 36.8 Å².